The van der Waals surface area contributed by atoms with E-state index in [4.69, 9.17) is 5.11 Å². The molecule has 18 heavy (non-hydrogen) atoms. The fourth-order valence-corrected chi connectivity index (χ4v) is 1.87. The lowest BCUT2D eigenvalue weighted by Crippen LogP contribution is -1.97. The van der Waals surface area contributed by atoms with Crippen LogP contribution in [0.2, 0.25) is 0 Å². The Morgan fingerprint density at radius 3 is 2.33 bits per heavy atom. The van der Waals surface area contributed by atoms with E-state index in [-0.39, 0.29) is 12.0 Å². The van der Waals surface area contributed by atoms with E-state index in [1.807, 2.05) is 0 Å². The maximum atomic E-state index is 11.9. The standard InChI is InChI=1S/C13H12O5/c1-6-2-8-3-7(5-14)4-9(15)12(17)10(8)13(18)11(6)16/h2-4,14,16,18H,5H2,1H3,(H,15,17). The minimum absolute atomic E-state index is 0.171. The van der Waals surface area contributed by atoms with Crippen molar-refractivity contribution in [1.29, 1.82) is 0 Å². The molecule has 2 aromatic rings. The first-order valence-corrected chi connectivity index (χ1v) is 5.28. The van der Waals surface area contributed by atoms with Crippen LogP contribution in [0.4, 0.5) is 0 Å². The smallest absolute Gasteiger partial charge is 0.231 e. The van der Waals surface area contributed by atoms with Gasteiger partial charge in [0.2, 0.25) is 5.43 Å². The van der Waals surface area contributed by atoms with Crippen LogP contribution in [0.5, 0.6) is 17.2 Å². The van der Waals surface area contributed by atoms with Crippen LogP contribution in [0.15, 0.2) is 23.0 Å². The highest BCUT2D eigenvalue weighted by Crippen LogP contribution is 2.35. The van der Waals surface area contributed by atoms with Gasteiger partial charge in [-0.25, -0.2) is 0 Å². The molecule has 0 unspecified atom stereocenters. The number of hydrogen-bond acceptors (Lipinski definition) is 5. The van der Waals surface area contributed by atoms with E-state index >= 15 is 0 Å². The number of aliphatic hydroxyl groups is 1. The predicted octanol–water partition coefficient (Wildman–Crippen LogP) is 1.12. The summed E-state index contributed by atoms with van der Waals surface area (Å²) < 4.78 is 0. The van der Waals surface area contributed by atoms with Gasteiger partial charge in [0.05, 0.1) is 12.0 Å². The van der Waals surface area contributed by atoms with Gasteiger partial charge >= 0.3 is 0 Å². The fourth-order valence-electron chi connectivity index (χ4n) is 1.87. The summed E-state index contributed by atoms with van der Waals surface area (Å²) in [4.78, 5) is 11.9. The first-order valence-electron chi connectivity index (χ1n) is 5.28. The lowest BCUT2D eigenvalue weighted by molar-refractivity contribution is 0.281. The summed E-state index contributed by atoms with van der Waals surface area (Å²) in [5.74, 6) is -1.55. The number of hydrogen-bond donors (Lipinski definition) is 4. The Balaban J connectivity index is 3.10. The highest BCUT2D eigenvalue weighted by Gasteiger charge is 2.14. The Bertz CT molecular complexity index is 691. The van der Waals surface area contributed by atoms with Crippen LogP contribution < -0.4 is 5.43 Å². The molecule has 2 aromatic carbocycles. The first-order chi connectivity index (χ1) is 8.45. The van der Waals surface area contributed by atoms with Crippen LogP contribution in [0.25, 0.3) is 10.8 Å². The third kappa shape index (κ3) is 1.74. The van der Waals surface area contributed by atoms with Gasteiger partial charge in [0, 0.05) is 0 Å². The van der Waals surface area contributed by atoms with E-state index < -0.39 is 22.7 Å². The molecule has 0 saturated heterocycles. The molecule has 0 aromatic heterocycles. The van der Waals surface area contributed by atoms with Crippen molar-refractivity contribution < 1.29 is 20.4 Å². The van der Waals surface area contributed by atoms with Crippen molar-refractivity contribution in [3.05, 3.63) is 39.5 Å². The Hall–Kier alpha value is -2.27. The molecule has 5 nitrogen and oxygen atoms in total. The van der Waals surface area contributed by atoms with Crippen LogP contribution in [-0.4, -0.2) is 20.4 Å². The largest absolute Gasteiger partial charge is 0.504 e. The summed E-state index contributed by atoms with van der Waals surface area (Å²) in [5.41, 5.74) is -0.0597. The van der Waals surface area contributed by atoms with Gasteiger partial charge in [0.25, 0.3) is 0 Å². The molecule has 0 aliphatic heterocycles. The molecule has 0 heterocycles. The van der Waals surface area contributed by atoms with Gasteiger partial charge in [-0.15, -0.1) is 0 Å². The average molecular weight is 248 g/mol. The van der Waals surface area contributed by atoms with E-state index in [2.05, 4.69) is 0 Å². The normalized spacial score (nSPS) is 10.8. The van der Waals surface area contributed by atoms with Crippen molar-refractivity contribution >= 4 is 10.8 Å². The van der Waals surface area contributed by atoms with Gasteiger partial charge in [0.1, 0.15) is 0 Å². The van der Waals surface area contributed by atoms with Crippen LogP contribution in [-0.2, 0) is 6.61 Å². The van der Waals surface area contributed by atoms with E-state index in [1.54, 1.807) is 6.92 Å². The summed E-state index contributed by atoms with van der Waals surface area (Å²) in [6.45, 7) is 1.22. The molecule has 0 amide bonds. The van der Waals surface area contributed by atoms with Gasteiger partial charge in [-0.3, -0.25) is 4.79 Å². The highest BCUT2D eigenvalue weighted by atomic mass is 16.3. The molecule has 2 rings (SSSR count). The number of benzene rings is 1. The van der Waals surface area contributed by atoms with Crippen LogP contribution in [0.1, 0.15) is 11.1 Å². The average Bonchev–Trinajstić information content (AvgIpc) is 2.45. The Morgan fingerprint density at radius 1 is 1.06 bits per heavy atom. The van der Waals surface area contributed by atoms with Crippen molar-refractivity contribution in [2.45, 2.75) is 13.5 Å². The zero-order valence-electron chi connectivity index (χ0n) is 9.64. The van der Waals surface area contributed by atoms with Gasteiger partial charge in [-0.05, 0) is 41.6 Å². The van der Waals surface area contributed by atoms with Gasteiger partial charge in [0.15, 0.2) is 17.2 Å². The topological polar surface area (TPSA) is 98.0 Å². The molecule has 0 fully saturated rings. The summed E-state index contributed by atoms with van der Waals surface area (Å²) in [7, 11) is 0. The zero-order chi connectivity index (χ0) is 13.4. The molecule has 0 radical (unpaired) electrons. The molecule has 4 N–H and O–H groups in total. The summed E-state index contributed by atoms with van der Waals surface area (Å²) in [5, 5.41) is 38.2. The molecular formula is C13H12O5. The Kier molecular flexibility index (Phi) is 2.84. The van der Waals surface area contributed by atoms with Crippen LogP contribution in [0.3, 0.4) is 0 Å². The van der Waals surface area contributed by atoms with Crippen LogP contribution in [0, 0.1) is 6.92 Å². The van der Waals surface area contributed by atoms with Crippen molar-refractivity contribution in [3.8, 4) is 17.2 Å². The maximum Gasteiger partial charge on any atom is 0.231 e. The summed E-state index contributed by atoms with van der Waals surface area (Å²) in [6, 6.07) is 4.11. The molecule has 0 bridgehead atoms. The van der Waals surface area contributed by atoms with Crippen molar-refractivity contribution in [2.75, 3.05) is 0 Å². The monoisotopic (exact) mass is 248 g/mol. The SMILES string of the molecule is Cc1cc2cc(CO)cc(O)c(=O)c2c(O)c1O. The van der Waals surface area contributed by atoms with Crippen LogP contribution >= 0.6 is 0 Å². The number of aryl methyl sites for hydroxylation is 1. The molecule has 94 valence electrons. The summed E-state index contributed by atoms with van der Waals surface area (Å²) in [6.07, 6.45) is 0. The number of fused-ring (bicyclic) bond motifs is 1. The molecular weight excluding hydrogens is 236 g/mol. The minimum Gasteiger partial charge on any atom is -0.504 e. The zero-order valence-corrected chi connectivity index (χ0v) is 9.64. The molecule has 0 spiro atoms. The summed E-state index contributed by atoms with van der Waals surface area (Å²) >= 11 is 0. The number of aliphatic hydroxyl groups excluding tert-OH is 1. The third-order valence-electron chi connectivity index (χ3n) is 2.80. The molecule has 0 atom stereocenters. The Labute approximate surface area is 102 Å². The predicted molar refractivity (Wildman–Crippen MR) is 65.9 cm³/mol. The van der Waals surface area contributed by atoms with Crippen molar-refractivity contribution in [3.63, 3.8) is 0 Å². The fraction of sp³-hybridized carbons (Fsp3) is 0.154. The van der Waals surface area contributed by atoms with E-state index in [0.717, 1.165) is 6.07 Å². The lowest BCUT2D eigenvalue weighted by atomic mass is 10.1. The minimum atomic E-state index is -0.794. The number of phenolic OH excluding ortho intramolecular Hbond substituents is 2. The molecule has 5 heteroatoms. The Morgan fingerprint density at radius 2 is 1.72 bits per heavy atom. The molecule has 0 aliphatic rings. The van der Waals surface area contributed by atoms with E-state index in [0.29, 0.717) is 16.5 Å². The number of rotatable bonds is 1. The highest BCUT2D eigenvalue weighted by molar-refractivity contribution is 5.91. The first kappa shape index (κ1) is 12.2. The van der Waals surface area contributed by atoms with E-state index in [9.17, 15) is 20.1 Å². The van der Waals surface area contributed by atoms with Crippen molar-refractivity contribution in [2.24, 2.45) is 0 Å². The number of aromatic hydroxyl groups is 3. The second-order valence-corrected chi connectivity index (χ2v) is 4.09. The van der Waals surface area contributed by atoms with Gasteiger partial charge in [-0.2, -0.15) is 0 Å². The third-order valence-corrected chi connectivity index (χ3v) is 2.80. The van der Waals surface area contributed by atoms with Crippen molar-refractivity contribution in [1.82, 2.24) is 0 Å². The molecule has 0 saturated carbocycles. The number of phenols is 2. The van der Waals surface area contributed by atoms with Gasteiger partial charge < -0.3 is 20.4 Å². The van der Waals surface area contributed by atoms with E-state index in [1.165, 1.54) is 12.1 Å². The molecule has 0 aliphatic carbocycles. The lowest BCUT2D eigenvalue weighted by Gasteiger charge is -2.04. The van der Waals surface area contributed by atoms with Gasteiger partial charge in [-0.1, -0.05) is 0 Å². The second kappa shape index (κ2) is 4.19. The second-order valence-electron chi connectivity index (χ2n) is 4.09. The maximum absolute atomic E-state index is 11.9. The quantitative estimate of drug-likeness (QED) is 0.567.